The molecule has 2 unspecified atom stereocenters. The molecule has 3 rings (SSSR count). The van der Waals surface area contributed by atoms with E-state index in [-0.39, 0.29) is 6.10 Å². The molecule has 124 valence electrons. The highest BCUT2D eigenvalue weighted by molar-refractivity contribution is 5.55. The molecule has 1 aromatic carbocycles. The van der Waals surface area contributed by atoms with Crippen LogP contribution in [0.3, 0.4) is 0 Å². The SMILES string of the molecule is CCC1COC(C)CN1Cc1nc(-c2ccc(OC)cc2)no1. The zero-order valence-corrected chi connectivity index (χ0v) is 13.9. The van der Waals surface area contributed by atoms with Gasteiger partial charge in [0.15, 0.2) is 0 Å². The van der Waals surface area contributed by atoms with Crippen LogP contribution >= 0.6 is 0 Å². The predicted octanol–water partition coefficient (Wildman–Crippen LogP) is 2.74. The van der Waals surface area contributed by atoms with Gasteiger partial charge in [-0.15, -0.1) is 0 Å². The molecule has 6 nitrogen and oxygen atoms in total. The third-order valence-corrected chi connectivity index (χ3v) is 4.21. The van der Waals surface area contributed by atoms with Crippen molar-refractivity contribution in [3.8, 4) is 17.1 Å². The Bertz CT molecular complexity index is 626. The standard InChI is InChI=1S/C17H23N3O3/c1-4-14-11-22-12(2)9-20(14)10-16-18-17(19-23-16)13-5-7-15(21-3)8-6-13/h5-8,12,14H,4,9-11H2,1-3H3. The molecule has 0 N–H and O–H groups in total. The van der Waals surface area contributed by atoms with E-state index in [2.05, 4.69) is 28.9 Å². The van der Waals surface area contributed by atoms with E-state index in [0.717, 1.165) is 30.9 Å². The van der Waals surface area contributed by atoms with Gasteiger partial charge in [0, 0.05) is 18.2 Å². The van der Waals surface area contributed by atoms with Crippen molar-refractivity contribution in [3.05, 3.63) is 30.2 Å². The van der Waals surface area contributed by atoms with Gasteiger partial charge < -0.3 is 14.0 Å². The van der Waals surface area contributed by atoms with Gasteiger partial charge in [0.1, 0.15) is 5.75 Å². The molecule has 0 radical (unpaired) electrons. The van der Waals surface area contributed by atoms with Gasteiger partial charge >= 0.3 is 0 Å². The van der Waals surface area contributed by atoms with Crippen LogP contribution < -0.4 is 4.74 Å². The molecule has 0 spiro atoms. The number of rotatable bonds is 5. The Kier molecular flexibility index (Phi) is 4.93. The summed E-state index contributed by atoms with van der Waals surface area (Å²) in [5.74, 6) is 2.06. The second kappa shape index (κ2) is 7.10. The van der Waals surface area contributed by atoms with E-state index in [1.165, 1.54) is 0 Å². The van der Waals surface area contributed by atoms with Crippen LogP contribution in [-0.2, 0) is 11.3 Å². The van der Waals surface area contributed by atoms with Crippen molar-refractivity contribution in [2.24, 2.45) is 0 Å². The molecule has 2 heterocycles. The van der Waals surface area contributed by atoms with Gasteiger partial charge in [0.05, 0.1) is 26.4 Å². The third-order valence-electron chi connectivity index (χ3n) is 4.21. The lowest BCUT2D eigenvalue weighted by Crippen LogP contribution is -2.47. The largest absolute Gasteiger partial charge is 0.497 e. The lowest BCUT2D eigenvalue weighted by atomic mass is 10.1. The summed E-state index contributed by atoms with van der Waals surface area (Å²) in [6.45, 7) is 6.58. The zero-order chi connectivity index (χ0) is 16.2. The molecule has 1 aliphatic heterocycles. The predicted molar refractivity (Wildman–Crippen MR) is 86.2 cm³/mol. The van der Waals surface area contributed by atoms with Crippen LogP contribution in [-0.4, -0.2) is 47.4 Å². The van der Waals surface area contributed by atoms with E-state index in [9.17, 15) is 0 Å². The van der Waals surface area contributed by atoms with Crippen molar-refractivity contribution < 1.29 is 14.0 Å². The smallest absolute Gasteiger partial charge is 0.241 e. The van der Waals surface area contributed by atoms with Crippen molar-refractivity contribution in [1.29, 1.82) is 0 Å². The van der Waals surface area contributed by atoms with Crippen LogP contribution in [0.25, 0.3) is 11.4 Å². The number of methoxy groups -OCH3 is 1. The summed E-state index contributed by atoms with van der Waals surface area (Å²) in [5.41, 5.74) is 0.920. The first kappa shape index (κ1) is 16.0. The molecule has 1 fully saturated rings. The molecular formula is C17H23N3O3. The van der Waals surface area contributed by atoms with Crippen LogP contribution in [0.15, 0.2) is 28.8 Å². The first-order valence-electron chi connectivity index (χ1n) is 8.02. The molecule has 6 heteroatoms. The topological polar surface area (TPSA) is 60.6 Å². The van der Waals surface area contributed by atoms with Crippen molar-refractivity contribution in [2.75, 3.05) is 20.3 Å². The molecule has 23 heavy (non-hydrogen) atoms. The lowest BCUT2D eigenvalue weighted by Gasteiger charge is -2.37. The first-order valence-corrected chi connectivity index (χ1v) is 8.02. The molecule has 0 amide bonds. The molecule has 0 aliphatic carbocycles. The van der Waals surface area contributed by atoms with E-state index in [1.54, 1.807) is 7.11 Å². The second-order valence-electron chi connectivity index (χ2n) is 5.88. The average Bonchev–Trinajstić information content (AvgIpc) is 3.04. The fraction of sp³-hybridized carbons (Fsp3) is 0.529. The Balaban J connectivity index is 1.70. The van der Waals surface area contributed by atoms with Gasteiger partial charge in [-0.3, -0.25) is 4.90 Å². The quantitative estimate of drug-likeness (QED) is 0.845. The van der Waals surface area contributed by atoms with Crippen LogP contribution in [0.4, 0.5) is 0 Å². The molecule has 2 aromatic rings. The number of hydrogen-bond donors (Lipinski definition) is 0. The zero-order valence-electron chi connectivity index (χ0n) is 13.9. The summed E-state index contributed by atoms with van der Waals surface area (Å²) in [6, 6.07) is 8.05. The van der Waals surface area contributed by atoms with Crippen LogP contribution in [0.1, 0.15) is 26.2 Å². The number of morpholine rings is 1. The monoisotopic (exact) mass is 317 g/mol. The Hall–Kier alpha value is -1.92. The van der Waals surface area contributed by atoms with Gasteiger partial charge in [-0.2, -0.15) is 4.98 Å². The van der Waals surface area contributed by atoms with Gasteiger partial charge in [-0.05, 0) is 37.6 Å². The van der Waals surface area contributed by atoms with Crippen LogP contribution in [0.2, 0.25) is 0 Å². The Morgan fingerprint density at radius 3 is 2.78 bits per heavy atom. The highest BCUT2D eigenvalue weighted by Gasteiger charge is 2.27. The highest BCUT2D eigenvalue weighted by Crippen LogP contribution is 2.21. The maximum atomic E-state index is 5.73. The molecule has 0 saturated carbocycles. The fourth-order valence-electron chi connectivity index (χ4n) is 2.83. The molecule has 0 bridgehead atoms. The van der Waals surface area contributed by atoms with Crippen molar-refractivity contribution >= 4 is 0 Å². The minimum absolute atomic E-state index is 0.238. The number of nitrogens with zero attached hydrogens (tertiary/aromatic N) is 3. The summed E-state index contributed by atoms with van der Waals surface area (Å²) >= 11 is 0. The number of hydrogen-bond acceptors (Lipinski definition) is 6. The maximum Gasteiger partial charge on any atom is 0.241 e. The highest BCUT2D eigenvalue weighted by atomic mass is 16.5. The lowest BCUT2D eigenvalue weighted by molar-refractivity contribution is -0.0620. The second-order valence-corrected chi connectivity index (χ2v) is 5.88. The van der Waals surface area contributed by atoms with Gasteiger partial charge in [-0.25, -0.2) is 0 Å². The van der Waals surface area contributed by atoms with Crippen LogP contribution in [0.5, 0.6) is 5.75 Å². The molecule has 1 aliphatic rings. The van der Waals surface area contributed by atoms with E-state index in [4.69, 9.17) is 14.0 Å². The van der Waals surface area contributed by atoms with E-state index in [1.807, 2.05) is 24.3 Å². The third kappa shape index (κ3) is 3.71. The summed E-state index contributed by atoms with van der Waals surface area (Å²) in [7, 11) is 1.65. The number of aromatic nitrogens is 2. The Morgan fingerprint density at radius 1 is 1.30 bits per heavy atom. The number of ether oxygens (including phenoxy) is 2. The maximum absolute atomic E-state index is 5.73. The Labute approximate surface area is 136 Å². The molecule has 2 atom stereocenters. The van der Waals surface area contributed by atoms with Crippen molar-refractivity contribution in [3.63, 3.8) is 0 Å². The van der Waals surface area contributed by atoms with E-state index in [0.29, 0.717) is 24.3 Å². The molecule has 1 saturated heterocycles. The minimum Gasteiger partial charge on any atom is -0.497 e. The minimum atomic E-state index is 0.238. The van der Waals surface area contributed by atoms with Gasteiger partial charge in [0.2, 0.25) is 11.7 Å². The normalized spacial score (nSPS) is 22.2. The van der Waals surface area contributed by atoms with E-state index < -0.39 is 0 Å². The van der Waals surface area contributed by atoms with Crippen molar-refractivity contribution in [2.45, 2.75) is 39.0 Å². The molecular weight excluding hydrogens is 294 g/mol. The number of benzene rings is 1. The van der Waals surface area contributed by atoms with E-state index >= 15 is 0 Å². The van der Waals surface area contributed by atoms with Gasteiger partial charge in [0.25, 0.3) is 0 Å². The van der Waals surface area contributed by atoms with Gasteiger partial charge in [-0.1, -0.05) is 12.1 Å². The summed E-state index contributed by atoms with van der Waals surface area (Å²) in [4.78, 5) is 6.88. The summed E-state index contributed by atoms with van der Waals surface area (Å²) in [5, 5.41) is 4.09. The fourth-order valence-corrected chi connectivity index (χ4v) is 2.83. The first-order chi connectivity index (χ1) is 11.2. The van der Waals surface area contributed by atoms with Crippen LogP contribution in [0, 0.1) is 0 Å². The average molecular weight is 317 g/mol. The van der Waals surface area contributed by atoms with Crippen molar-refractivity contribution in [1.82, 2.24) is 15.0 Å². The molecule has 1 aromatic heterocycles. The summed E-state index contributed by atoms with van der Waals surface area (Å²) < 4.78 is 16.3. The summed E-state index contributed by atoms with van der Waals surface area (Å²) in [6.07, 6.45) is 1.29. The Morgan fingerprint density at radius 2 is 2.09 bits per heavy atom.